The molecule has 4 nitrogen and oxygen atoms in total. The van der Waals surface area contributed by atoms with Gasteiger partial charge in [0.1, 0.15) is 5.75 Å². The third-order valence-electron chi connectivity index (χ3n) is 3.37. The van der Waals surface area contributed by atoms with E-state index in [1.807, 2.05) is 72.8 Å². The van der Waals surface area contributed by atoms with Gasteiger partial charge in [0.2, 0.25) is 0 Å². The number of hydrogen-bond donors (Lipinski definition) is 2. The van der Waals surface area contributed by atoms with Crippen molar-refractivity contribution < 1.29 is 14.7 Å². The number of hydrogen-bond acceptors (Lipinski definition) is 4. The molecule has 0 aromatic heterocycles. The van der Waals surface area contributed by atoms with Gasteiger partial charge in [-0.2, -0.15) is 0 Å². The van der Waals surface area contributed by atoms with Crippen molar-refractivity contribution in [3.8, 4) is 5.75 Å². The van der Waals surface area contributed by atoms with Gasteiger partial charge >= 0.3 is 7.32 Å². The Balaban J connectivity index is 1.99. The molecule has 0 aliphatic rings. The van der Waals surface area contributed by atoms with Crippen molar-refractivity contribution in [2.45, 2.75) is 0 Å². The largest absolute Gasteiger partial charge is 0.707 e. The van der Waals surface area contributed by atoms with Crippen LogP contribution in [0.25, 0.3) is 0 Å². The van der Waals surface area contributed by atoms with Crippen LogP contribution in [0.2, 0.25) is 0 Å². The number of anilines is 3. The zero-order valence-corrected chi connectivity index (χ0v) is 12.4. The zero-order chi connectivity index (χ0) is 16.1. The van der Waals surface area contributed by atoms with Crippen molar-refractivity contribution in [1.29, 1.82) is 0 Å². The highest BCUT2D eigenvalue weighted by Gasteiger charge is 2.14. The molecule has 0 amide bonds. The minimum atomic E-state index is -1.82. The van der Waals surface area contributed by atoms with Crippen LogP contribution in [0.15, 0.2) is 84.9 Å². The monoisotopic (exact) mass is 305 g/mol. The van der Waals surface area contributed by atoms with Gasteiger partial charge in [0.25, 0.3) is 0 Å². The van der Waals surface area contributed by atoms with Gasteiger partial charge in [-0.05, 0) is 48.5 Å². The fraction of sp³-hybridized carbons (Fsp3) is 0. The van der Waals surface area contributed by atoms with Gasteiger partial charge in [-0.15, -0.1) is 0 Å². The summed E-state index contributed by atoms with van der Waals surface area (Å²) in [5, 5.41) is 17.7. The molecule has 0 saturated heterocycles. The van der Waals surface area contributed by atoms with Crippen LogP contribution in [0, 0.1) is 0 Å². The van der Waals surface area contributed by atoms with E-state index in [0.717, 1.165) is 17.1 Å². The maximum atomic E-state index is 8.86. The standard InChI is InChI=1S/C18H16BNO3/c21-19(22)23-18-13-11-17(12-14-18)20(15-7-3-1-4-8-15)16-9-5-2-6-10-16/h1-14,21-22H. The Bertz CT molecular complexity index is 694. The highest BCUT2D eigenvalue weighted by Crippen LogP contribution is 2.34. The summed E-state index contributed by atoms with van der Waals surface area (Å²) in [4.78, 5) is 2.11. The van der Waals surface area contributed by atoms with Gasteiger partial charge in [-0.1, -0.05) is 36.4 Å². The van der Waals surface area contributed by atoms with E-state index in [1.165, 1.54) is 0 Å². The topological polar surface area (TPSA) is 52.9 Å². The molecule has 0 aliphatic carbocycles. The van der Waals surface area contributed by atoms with Gasteiger partial charge in [0.05, 0.1) is 0 Å². The Hall–Kier alpha value is -2.76. The second-order valence-electron chi connectivity index (χ2n) is 4.94. The first kappa shape index (κ1) is 15.2. The van der Waals surface area contributed by atoms with E-state index < -0.39 is 7.32 Å². The van der Waals surface area contributed by atoms with Crippen LogP contribution < -0.4 is 9.55 Å². The Kier molecular flexibility index (Phi) is 4.61. The Morgan fingerprint density at radius 1 is 0.609 bits per heavy atom. The SMILES string of the molecule is OB(O)Oc1ccc(N(c2ccccc2)c2ccccc2)cc1. The molecule has 114 valence electrons. The van der Waals surface area contributed by atoms with Crippen LogP contribution in [-0.2, 0) is 0 Å². The normalized spacial score (nSPS) is 10.2. The van der Waals surface area contributed by atoms with Crippen molar-refractivity contribution in [3.63, 3.8) is 0 Å². The lowest BCUT2D eigenvalue weighted by Crippen LogP contribution is -2.20. The van der Waals surface area contributed by atoms with Crippen LogP contribution >= 0.6 is 0 Å². The van der Waals surface area contributed by atoms with Crippen molar-refractivity contribution >= 4 is 24.4 Å². The van der Waals surface area contributed by atoms with E-state index in [4.69, 9.17) is 14.7 Å². The fourth-order valence-corrected chi connectivity index (χ4v) is 2.40. The molecule has 3 rings (SSSR count). The molecule has 23 heavy (non-hydrogen) atoms. The Morgan fingerprint density at radius 2 is 1.04 bits per heavy atom. The molecule has 0 radical (unpaired) electrons. The van der Waals surface area contributed by atoms with Gasteiger partial charge in [0.15, 0.2) is 0 Å². The second-order valence-corrected chi connectivity index (χ2v) is 4.94. The van der Waals surface area contributed by atoms with Crippen LogP contribution in [0.4, 0.5) is 17.1 Å². The molecule has 0 atom stereocenters. The third-order valence-corrected chi connectivity index (χ3v) is 3.37. The smallest absolute Gasteiger partial charge is 0.512 e. The first-order valence-corrected chi connectivity index (χ1v) is 7.27. The summed E-state index contributed by atoms with van der Waals surface area (Å²) >= 11 is 0. The summed E-state index contributed by atoms with van der Waals surface area (Å²) in [7, 11) is -1.82. The zero-order valence-electron chi connectivity index (χ0n) is 12.4. The van der Waals surface area contributed by atoms with Gasteiger partial charge in [-0.25, -0.2) is 0 Å². The number of para-hydroxylation sites is 2. The molecule has 3 aromatic carbocycles. The predicted molar refractivity (Wildman–Crippen MR) is 91.9 cm³/mol. The second kappa shape index (κ2) is 7.00. The molecule has 0 unspecified atom stereocenters. The average Bonchev–Trinajstić information content (AvgIpc) is 2.58. The summed E-state index contributed by atoms with van der Waals surface area (Å²) in [5.74, 6) is 0.393. The van der Waals surface area contributed by atoms with Crippen LogP contribution in [0.3, 0.4) is 0 Å². The van der Waals surface area contributed by atoms with E-state index >= 15 is 0 Å². The van der Waals surface area contributed by atoms with Crippen molar-refractivity contribution in [1.82, 2.24) is 0 Å². The maximum absolute atomic E-state index is 8.86. The summed E-state index contributed by atoms with van der Waals surface area (Å²) in [5.41, 5.74) is 3.02. The van der Waals surface area contributed by atoms with Crippen molar-refractivity contribution in [3.05, 3.63) is 84.9 Å². The average molecular weight is 305 g/mol. The van der Waals surface area contributed by atoms with E-state index in [0.29, 0.717) is 5.75 Å². The van der Waals surface area contributed by atoms with E-state index in [1.54, 1.807) is 12.1 Å². The van der Waals surface area contributed by atoms with Gasteiger partial charge in [-0.3, -0.25) is 0 Å². The molecule has 3 aromatic rings. The molecule has 0 bridgehead atoms. The van der Waals surface area contributed by atoms with Crippen LogP contribution in [-0.4, -0.2) is 17.4 Å². The van der Waals surface area contributed by atoms with Gasteiger partial charge < -0.3 is 19.6 Å². The highest BCUT2D eigenvalue weighted by atomic mass is 16.6. The molecule has 0 aliphatic heterocycles. The summed E-state index contributed by atoms with van der Waals surface area (Å²) in [6.07, 6.45) is 0. The number of benzene rings is 3. The summed E-state index contributed by atoms with van der Waals surface area (Å²) < 4.78 is 4.85. The molecule has 0 fully saturated rings. The minimum absolute atomic E-state index is 0.393. The quantitative estimate of drug-likeness (QED) is 0.708. The molecular formula is C18H16BNO3. The first-order chi connectivity index (χ1) is 11.2. The fourth-order valence-electron chi connectivity index (χ4n) is 2.40. The van der Waals surface area contributed by atoms with E-state index in [9.17, 15) is 0 Å². The summed E-state index contributed by atoms with van der Waals surface area (Å²) in [6, 6.07) is 27.2. The van der Waals surface area contributed by atoms with Crippen molar-refractivity contribution in [2.75, 3.05) is 4.90 Å². The lowest BCUT2D eigenvalue weighted by Gasteiger charge is -2.25. The number of rotatable bonds is 5. The maximum Gasteiger partial charge on any atom is 0.707 e. The van der Waals surface area contributed by atoms with E-state index in [-0.39, 0.29) is 0 Å². The lowest BCUT2D eigenvalue weighted by atomic mass is 10.2. The first-order valence-electron chi connectivity index (χ1n) is 7.27. The van der Waals surface area contributed by atoms with Crippen LogP contribution in [0.1, 0.15) is 0 Å². The molecular weight excluding hydrogens is 289 g/mol. The Morgan fingerprint density at radius 3 is 1.48 bits per heavy atom. The lowest BCUT2D eigenvalue weighted by molar-refractivity contribution is 0.288. The number of nitrogens with zero attached hydrogens (tertiary/aromatic N) is 1. The van der Waals surface area contributed by atoms with Crippen molar-refractivity contribution in [2.24, 2.45) is 0 Å². The highest BCUT2D eigenvalue weighted by molar-refractivity contribution is 6.33. The molecule has 5 heteroatoms. The van der Waals surface area contributed by atoms with E-state index in [2.05, 4.69) is 4.90 Å². The molecule has 0 saturated carbocycles. The Labute approximate surface area is 135 Å². The summed E-state index contributed by atoms with van der Waals surface area (Å²) in [6.45, 7) is 0. The minimum Gasteiger partial charge on any atom is -0.512 e. The van der Waals surface area contributed by atoms with Gasteiger partial charge in [0, 0.05) is 17.1 Å². The van der Waals surface area contributed by atoms with Crippen LogP contribution in [0.5, 0.6) is 5.75 Å². The molecule has 0 spiro atoms. The molecule has 0 heterocycles. The predicted octanol–water partition coefficient (Wildman–Crippen LogP) is 3.50. The third kappa shape index (κ3) is 3.72. The molecule has 2 N–H and O–H groups in total.